The predicted molar refractivity (Wildman–Crippen MR) is 104 cm³/mol. The zero-order valence-corrected chi connectivity index (χ0v) is 15.7. The number of aromatic nitrogens is 2. The first-order valence-electron chi connectivity index (χ1n) is 8.78. The number of nitrogens with one attached hydrogen (secondary N) is 1. The molecule has 2 amide bonds. The Kier molecular flexibility index (Phi) is 5.12. The fraction of sp³-hybridized carbons (Fsp3) is 0.200. The Labute approximate surface area is 165 Å². The largest absolute Gasteiger partial charge is 0.338 e. The zero-order chi connectivity index (χ0) is 19.5. The monoisotopic (exact) mass is 396 g/mol. The number of amides is 2. The lowest BCUT2D eigenvalue weighted by molar-refractivity contribution is -0.128. The maximum Gasteiger partial charge on any atom is 0.231 e. The highest BCUT2D eigenvalue weighted by molar-refractivity contribution is 7.14. The van der Waals surface area contributed by atoms with E-state index in [-0.39, 0.29) is 24.1 Å². The number of likely N-dealkylation sites (tertiary alicyclic amines) is 1. The van der Waals surface area contributed by atoms with Gasteiger partial charge in [0, 0.05) is 31.1 Å². The molecule has 1 N–H and O–H groups in total. The Bertz CT molecular complexity index is 991. The van der Waals surface area contributed by atoms with Crippen LogP contribution in [0.4, 0.5) is 9.52 Å². The summed E-state index contributed by atoms with van der Waals surface area (Å²) in [7, 11) is 0. The van der Waals surface area contributed by atoms with Crippen molar-refractivity contribution in [3.8, 4) is 11.4 Å². The third kappa shape index (κ3) is 4.07. The molecule has 4 rings (SSSR count). The van der Waals surface area contributed by atoms with Crippen molar-refractivity contribution in [3.63, 3.8) is 0 Å². The molecule has 142 valence electrons. The molecule has 1 saturated heterocycles. The Morgan fingerprint density at radius 2 is 2.04 bits per heavy atom. The number of anilines is 1. The highest BCUT2D eigenvalue weighted by Crippen LogP contribution is 2.26. The van der Waals surface area contributed by atoms with E-state index in [9.17, 15) is 14.0 Å². The van der Waals surface area contributed by atoms with Crippen LogP contribution in [0.1, 0.15) is 12.0 Å². The second-order valence-corrected chi connectivity index (χ2v) is 7.40. The van der Waals surface area contributed by atoms with Crippen LogP contribution >= 0.6 is 11.3 Å². The summed E-state index contributed by atoms with van der Waals surface area (Å²) >= 11 is 1.32. The maximum atomic E-state index is 13.0. The SMILES string of the molecule is O=C(Nc1nc(-c2ccccn2)cs1)[C@@H]1CC(=O)N(Cc2ccc(F)cc2)C1. The van der Waals surface area contributed by atoms with Crippen molar-refractivity contribution in [2.24, 2.45) is 5.92 Å². The summed E-state index contributed by atoms with van der Waals surface area (Å²) in [5.41, 5.74) is 2.26. The lowest BCUT2D eigenvalue weighted by Gasteiger charge is -2.16. The van der Waals surface area contributed by atoms with Gasteiger partial charge in [-0.05, 0) is 29.8 Å². The van der Waals surface area contributed by atoms with E-state index in [0.29, 0.717) is 23.9 Å². The topological polar surface area (TPSA) is 75.2 Å². The second kappa shape index (κ2) is 7.85. The highest BCUT2D eigenvalue weighted by Gasteiger charge is 2.34. The molecule has 1 atom stereocenters. The number of nitrogens with zero attached hydrogens (tertiary/aromatic N) is 3. The van der Waals surface area contributed by atoms with Crippen LogP contribution in [0.5, 0.6) is 0 Å². The fourth-order valence-corrected chi connectivity index (χ4v) is 3.79. The molecule has 0 bridgehead atoms. The van der Waals surface area contributed by atoms with Gasteiger partial charge < -0.3 is 10.2 Å². The van der Waals surface area contributed by atoms with Crippen molar-refractivity contribution in [3.05, 3.63) is 65.4 Å². The molecule has 3 aromatic rings. The fourth-order valence-electron chi connectivity index (χ4n) is 3.08. The van der Waals surface area contributed by atoms with Crippen molar-refractivity contribution in [2.75, 3.05) is 11.9 Å². The van der Waals surface area contributed by atoms with Gasteiger partial charge in [0.15, 0.2) is 5.13 Å². The average molecular weight is 396 g/mol. The molecular formula is C20H17FN4O2S. The number of benzene rings is 1. The summed E-state index contributed by atoms with van der Waals surface area (Å²) in [6.45, 7) is 0.699. The number of hydrogen-bond donors (Lipinski definition) is 1. The van der Waals surface area contributed by atoms with Gasteiger partial charge in [-0.25, -0.2) is 9.37 Å². The third-order valence-corrected chi connectivity index (χ3v) is 5.29. The Hall–Kier alpha value is -3.13. The number of carbonyl (C=O) groups excluding carboxylic acids is 2. The molecule has 0 radical (unpaired) electrons. The molecule has 2 aromatic heterocycles. The molecule has 0 spiro atoms. The summed E-state index contributed by atoms with van der Waals surface area (Å²) in [6.07, 6.45) is 1.85. The van der Waals surface area contributed by atoms with Crippen molar-refractivity contribution in [1.82, 2.24) is 14.9 Å². The minimum Gasteiger partial charge on any atom is -0.338 e. The molecule has 1 aromatic carbocycles. The Morgan fingerprint density at radius 3 is 2.79 bits per heavy atom. The van der Waals surface area contributed by atoms with E-state index in [0.717, 1.165) is 11.3 Å². The van der Waals surface area contributed by atoms with Crippen LogP contribution in [-0.2, 0) is 16.1 Å². The smallest absolute Gasteiger partial charge is 0.231 e. The molecule has 0 saturated carbocycles. The van der Waals surface area contributed by atoms with E-state index in [1.807, 2.05) is 23.6 Å². The van der Waals surface area contributed by atoms with Crippen LogP contribution in [0.15, 0.2) is 54.0 Å². The third-order valence-electron chi connectivity index (χ3n) is 4.53. The lowest BCUT2D eigenvalue weighted by Crippen LogP contribution is -2.28. The molecule has 0 aliphatic carbocycles. The number of hydrogen-bond acceptors (Lipinski definition) is 5. The molecular weight excluding hydrogens is 379 g/mol. The van der Waals surface area contributed by atoms with Crippen LogP contribution in [0, 0.1) is 11.7 Å². The number of halogens is 1. The summed E-state index contributed by atoms with van der Waals surface area (Å²) < 4.78 is 13.0. The molecule has 3 heterocycles. The van der Waals surface area contributed by atoms with Gasteiger partial charge in [0.25, 0.3) is 0 Å². The van der Waals surface area contributed by atoms with Gasteiger partial charge in [0.1, 0.15) is 11.5 Å². The predicted octanol–water partition coefficient (Wildman–Crippen LogP) is 3.33. The van der Waals surface area contributed by atoms with Crippen molar-refractivity contribution in [1.29, 1.82) is 0 Å². The summed E-state index contributed by atoms with van der Waals surface area (Å²) in [6, 6.07) is 11.6. The average Bonchev–Trinajstić information content (AvgIpc) is 3.31. The zero-order valence-electron chi connectivity index (χ0n) is 14.8. The summed E-state index contributed by atoms with van der Waals surface area (Å²) in [5.74, 6) is -1.06. The summed E-state index contributed by atoms with van der Waals surface area (Å²) in [4.78, 5) is 35.1. The van der Waals surface area contributed by atoms with Gasteiger partial charge in [-0.1, -0.05) is 18.2 Å². The standard InChI is InChI=1S/C20H17FN4O2S/c21-15-6-4-13(5-7-15)10-25-11-14(9-18(25)26)19(27)24-20-23-17(12-28-20)16-3-1-2-8-22-16/h1-8,12,14H,9-11H2,(H,23,24,27)/t14-/m1/s1. The van der Waals surface area contributed by atoms with Gasteiger partial charge >= 0.3 is 0 Å². The number of rotatable bonds is 5. The Morgan fingerprint density at radius 1 is 1.21 bits per heavy atom. The van der Waals surface area contributed by atoms with Crippen molar-refractivity contribution in [2.45, 2.75) is 13.0 Å². The normalized spacial score (nSPS) is 16.4. The minimum absolute atomic E-state index is 0.0854. The first kappa shape index (κ1) is 18.2. The van der Waals surface area contributed by atoms with Gasteiger partial charge in [-0.3, -0.25) is 14.6 Å². The highest BCUT2D eigenvalue weighted by atomic mass is 32.1. The van der Waals surface area contributed by atoms with E-state index < -0.39 is 5.92 Å². The minimum atomic E-state index is -0.435. The lowest BCUT2D eigenvalue weighted by atomic mass is 10.1. The van der Waals surface area contributed by atoms with Crippen molar-refractivity contribution < 1.29 is 14.0 Å². The van der Waals surface area contributed by atoms with Crippen LogP contribution in [0.25, 0.3) is 11.4 Å². The maximum absolute atomic E-state index is 13.0. The van der Waals surface area contributed by atoms with E-state index in [1.165, 1.54) is 23.5 Å². The first-order valence-corrected chi connectivity index (χ1v) is 9.66. The summed E-state index contributed by atoms with van der Waals surface area (Å²) in [5, 5.41) is 5.11. The van der Waals surface area contributed by atoms with Crippen molar-refractivity contribution >= 4 is 28.3 Å². The molecule has 8 heteroatoms. The molecule has 1 aliphatic rings. The molecule has 1 aliphatic heterocycles. The van der Waals surface area contributed by atoms with Crippen LogP contribution in [0.2, 0.25) is 0 Å². The van der Waals surface area contributed by atoms with Gasteiger partial charge in [-0.2, -0.15) is 0 Å². The second-order valence-electron chi connectivity index (χ2n) is 6.54. The van der Waals surface area contributed by atoms with E-state index in [1.54, 1.807) is 23.2 Å². The molecule has 28 heavy (non-hydrogen) atoms. The van der Waals surface area contributed by atoms with Crippen LogP contribution < -0.4 is 5.32 Å². The van der Waals surface area contributed by atoms with Crippen LogP contribution in [0.3, 0.4) is 0 Å². The number of thiazole rings is 1. The quantitative estimate of drug-likeness (QED) is 0.718. The Balaban J connectivity index is 1.37. The van der Waals surface area contributed by atoms with E-state index >= 15 is 0 Å². The number of pyridine rings is 1. The van der Waals surface area contributed by atoms with E-state index in [4.69, 9.17) is 0 Å². The first-order chi connectivity index (χ1) is 13.6. The van der Waals surface area contributed by atoms with Crippen LogP contribution in [-0.4, -0.2) is 33.2 Å². The molecule has 6 nitrogen and oxygen atoms in total. The molecule has 1 fully saturated rings. The van der Waals surface area contributed by atoms with Gasteiger partial charge in [0.2, 0.25) is 11.8 Å². The van der Waals surface area contributed by atoms with Gasteiger partial charge in [-0.15, -0.1) is 11.3 Å². The van der Waals surface area contributed by atoms with E-state index in [2.05, 4.69) is 15.3 Å². The molecule has 0 unspecified atom stereocenters. The van der Waals surface area contributed by atoms with Gasteiger partial charge in [0.05, 0.1) is 11.6 Å². The number of carbonyl (C=O) groups is 2.